The van der Waals surface area contributed by atoms with E-state index in [4.69, 9.17) is 0 Å². The maximum Gasteiger partial charge on any atom is 0.258 e. The molecule has 0 atom stereocenters. The van der Waals surface area contributed by atoms with Crippen LogP contribution in [0.3, 0.4) is 0 Å². The van der Waals surface area contributed by atoms with E-state index in [1.807, 2.05) is 44.9 Å². The molecule has 0 saturated heterocycles. The summed E-state index contributed by atoms with van der Waals surface area (Å²) in [6.07, 6.45) is 0. The molecule has 22 heavy (non-hydrogen) atoms. The third kappa shape index (κ3) is 4.39. The average Bonchev–Trinajstić information content (AvgIpc) is 2.35. The van der Waals surface area contributed by atoms with Gasteiger partial charge in [0.15, 0.2) is 0 Å². The van der Waals surface area contributed by atoms with E-state index < -0.39 is 0 Å². The molecule has 118 valence electrons. The highest BCUT2D eigenvalue weighted by molar-refractivity contribution is 5.79. The number of likely N-dealkylation sites (N-methyl/N-ethyl adjacent to an activating group) is 1. The van der Waals surface area contributed by atoms with Gasteiger partial charge in [0.05, 0.1) is 24.0 Å². The van der Waals surface area contributed by atoms with Gasteiger partial charge in [0, 0.05) is 5.54 Å². The van der Waals surface area contributed by atoms with Crippen LogP contribution >= 0.6 is 0 Å². The Labute approximate surface area is 129 Å². The molecule has 2 rings (SSSR count). The lowest BCUT2D eigenvalue weighted by Crippen LogP contribution is -2.45. The Morgan fingerprint density at radius 3 is 2.68 bits per heavy atom. The molecule has 0 aliphatic rings. The molecular formula is C16H22N4O2. The van der Waals surface area contributed by atoms with Crippen LogP contribution in [-0.4, -0.2) is 39.9 Å². The minimum Gasteiger partial charge on any atom is -0.350 e. The van der Waals surface area contributed by atoms with Crippen molar-refractivity contribution in [3.63, 3.8) is 0 Å². The Hall–Kier alpha value is -2.21. The number of fused-ring (bicyclic) bond motifs is 1. The van der Waals surface area contributed by atoms with Gasteiger partial charge in [0.1, 0.15) is 5.82 Å². The fourth-order valence-corrected chi connectivity index (χ4v) is 2.22. The van der Waals surface area contributed by atoms with Crippen molar-refractivity contribution in [3.05, 3.63) is 40.4 Å². The lowest BCUT2D eigenvalue weighted by molar-refractivity contribution is -0.123. The monoisotopic (exact) mass is 302 g/mol. The van der Waals surface area contributed by atoms with E-state index in [2.05, 4.69) is 15.3 Å². The largest absolute Gasteiger partial charge is 0.350 e. The maximum absolute atomic E-state index is 12.0. The summed E-state index contributed by atoms with van der Waals surface area (Å²) in [6.45, 7) is 6.46. The Balaban J connectivity index is 2.07. The minimum absolute atomic E-state index is 0.0573. The first-order valence-electron chi connectivity index (χ1n) is 7.22. The molecule has 1 amide bonds. The van der Waals surface area contributed by atoms with Crippen molar-refractivity contribution in [3.8, 4) is 0 Å². The number of nitrogens with one attached hydrogen (secondary N) is 2. The zero-order chi connectivity index (χ0) is 16.3. The Morgan fingerprint density at radius 1 is 1.32 bits per heavy atom. The molecule has 2 aromatic rings. The van der Waals surface area contributed by atoms with Crippen LogP contribution in [0.5, 0.6) is 0 Å². The van der Waals surface area contributed by atoms with Crippen molar-refractivity contribution in [1.29, 1.82) is 0 Å². The van der Waals surface area contributed by atoms with Gasteiger partial charge < -0.3 is 10.3 Å². The third-order valence-corrected chi connectivity index (χ3v) is 3.01. The second kappa shape index (κ2) is 6.27. The summed E-state index contributed by atoms with van der Waals surface area (Å²) in [6, 6.07) is 7.20. The summed E-state index contributed by atoms with van der Waals surface area (Å²) in [7, 11) is 1.82. The van der Waals surface area contributed by atoms with Crippen LogP contribution in [0, 0.1) is 0 Å². The summed E-state index contributed by atoms with van der Waals surface area (Å²) in [5.41, 5.74) is 0.245. The SMILES string of the molecule is CN(CC(=O)NC(C)(C)C)Cc1nc2ccccc2c(=O)[nH]1. The molecular weight excluding hydrogens is 280 g/mol. The van der Waals surface area contributed by atoms with E-state index in [-0.39, 0.29) is 23.6 Å². The highest BCUT2D eigenvalue weighted by atomic mass is 16.2. The summed E-state index contributed by atoms with van der Waals surface area (Å²) in [5, 5.41) is 3.47. The van der Waals surface area contributed by atoms with Crippen LogP contribution in [0.15, 0.2) is 29.1 Å². The Kier molecular flexibility index (Phi) is 4.61. The number of carbonyl (C=O) groups excluding carboxylic acids is 1. The number of aromatic amines is 1. The summed E-state index contributed by atoms with van der Waals surface area (Å²) in [4.78, 5) is 32.9. The number of hydrogen-bond acceptors (Lipinski definition) is 4. The predicted octanol–water partition coefficient (Wildman–Crippen LogP) is 1.27. The molecule has 0 saturated carbocycles. The molecule has 1 aromatic heterocycles. The van der Waals surface area contributed by atoms with Crippen LogP contribution < -0.4 is 10.9 Å². The molecule has 0 spiro atoms. The van der Waals surface area contributed by atoms with Gasteiger partial charge >= 0.3 is 0 Å². The summed E-state index contributed by atoms with van der Waals surface area (Å²) < 4.78 is 0. The van der Waals surface area contributed by atoms with E-state index in [0.717, 1.165) is 0 Å². The van der Waals surface area contributed by atoms with E-state index in [1.54, 1.807) is 12.1 Å². The van der Waals surface area contributed by atoms with Gasteiger partial charge in [-0.3, -0.25) is 14.5 Å². The predicted molar refractivity (Wildman–Crippen MR) is 86.6 cm³/mol. The zero-order valence-electron chi connectivity index (χ0n) is 13.4. The van der Waals surface area contributed by atoms with Gasteiger partial charge in [-0.15, -0.1) is 0 Å². The second-order valence-corrected chi connectivity index (χ2v) is 6.50. The lowest BCUT2D eigenvalue weighted by Gasteiger charge is -2.23. The number of aromatic nitrogens is 2. The first-order valence-corrected chi connectivity index (χ1v) is 7.22. The first-order chi connectivity index (χ1) is 10.2. The van der Waals surface area contributed by atoms with Gasteiger partial charge in [-0.1, -0.05) is 12.1 Å². The smallest absolute Gasteiger partial charge is 0.258 e. The van der Waals surface area contributed by atoms with Crippen molar-refractivity contribution in [2.24, 2.45) is 0 Å². The second-order valence-electron chi connectivity index (χ2n) is 6.50. The van der Waals surface area contributed by atoms with Crippen molar-refractivity contribution < 1.29 is 4.79 Å². The highest BCUT2D eigenvalue weighted by Crippen LogP contribution is 2.06. The Morgan fingerprint density at radius 2 is 2.00 bits per heavy atom. The van der Waals surface area contributed by atoms with Gasteiger partial charge in [-0.25, -0.2) is 4.98 Å². The van der Waals surface area contributed by atoms with E-state index in [9.17, 15) is 9.59 Å². The molecule has 2 N–H and O–H groups in total. The zero-order valence-corrected chi connectivity index (χ0v) is 13.4. The summed E-state index contributed by atoms with van der Waals surface area (Å²) >= 11 is 0. The van der Waals surface area contributed by atoms with Crippen LogP contribution in [0.4, 0.5) is 0 Å². The van der Waals surface area contributed by atoms with Crippen molar-refractivity contribution in [2.75, 3.05) is 13.6 Å². The normalized spacial score (nSPS) is 11.9. The molecule has 0 aliphatic carbocycles. The number of rotatable bonds is 4. The molecule has 0 fully saturated rings. The molecule has 1 heterocycles. The maximum atomic E-state index is 12.0. The molecule has 6 nitrogen and oxygen atoms in total. The van der Waals surface area contributed by atoms with Crippen LogP contribution in [0.2, 0.25) is 0 Å². The highest BCUT2D eigenvalue weighted by Gasteiger charge is 2.15. The number of carbonyl (C=O) groups is 1. The van der Waals surface area contributed by atoms with Crippen LogP contribution in [0.1, 0.15) is 26.6 Å². The standard InChI is InChI=1S/C16H22N4O2/c1-16(2,3)19-14(21)10-20(4)9-13-17-12-8-6-5-7-11(12)15(22)18-13/h5-8H,9-10H2,1-4H3,(H,19,21)(H,17,18,22). The van der Waals surface area contributed by atoms with E-state index >= 15 is 0 Å². The first kappa shape index (κ1) is 16.2. The average molecular weight is 302 g/mol. The van der Waals surface area contributed by atoms with Gasteiger partial charge in [-0.05, 0) is 40.0 Å². The van der Waals surface area contributed by atoms with Gasteiger partial charge in [-0.2, -0.15) is 0 Å². The van der Waals surface area contributed by atoms with Gasteiger partial charge in [0.25, 0.3) is 5.56 Å². The molecule has 6 heteroatoms. The number of H-pyrrole nitrogens is 1. The molecule has 1 aromatic carbocycles. The van der Waals surface area contributed by atoms with E-state index in [1.165, 1.54) is 0 Å². The number of para-hydroxylation sites is 1. The lowest BCUT2D eigenvalue weighted by atomic mass is 10.1. The molecule has 0 bridgehead atoms. The number of nitrogens with zero attached hydrogens (tertiary/aromatic N) is 2. The van der Waals surface area contributed by atoms with Crippen LogP contribution in [-0.2, 0) is 11.3 Å². The van der Waals surface area contributed by atoms with Crippen molar-refractivity contribution >= 4 is 16.8 Å². The van der Waals surface area contributed by atoms with Crippen LogP contribution in [0.25, 0.3) is 10.9 Å². The Bertz CT molecular complexity index is 731. The fraction of sp³-hybridized carbons (Fsp3) is 0.438. The quantitative estimate of drug-likeness (QED) is 0.891. The molecule has 0 radical (unpaired) electrons. The number of benzene rings is 1. The van der Waals surface area contributed by atoms with Crippen molar-refractivity contribution in [1.82, 2.24) is 20.2 Å². The van der Waals surface area contributed by atoms with Crippen molar-refractivity contribution in [2.45, 2.75) is 32.9 Å². The molecule has 0 unspecified atom stereocenters. The fourth-order valence-electron chi connectivity index (χ4n) is 2.22. The summed E-state index contributed by atoms with van der Waals surface area (Å²) in [5.74, 6) is 0.493. The van der Waals surface area contributed by atoms with Gasteiger partial charge in [0.2, 0.25) is 5.91 Å². The number of amides is 1. The minimum atomic E-state index is -0.257. The third-order valence-electron chi connectivity index (χ3n) is 3.01. The number of hydrogen-bond donors (Lipinski definition) is 2. The molecule has 0 aliphatic heterocycles. The topological polar surface area (TPSA) is 78.1 Å². The van der Waals surface area contributed by atoms with E-state index in [0.29, 0.717) is 23.3 Å².